The lowest BCUT2D eigenvalue weighted by Crippen LogP contribution is -2.03. The number of fused-ring (bicyclic) bond motifs is 1. The molecular weight excluding hydrogens is 236 g/mol. The van der Waals surface area contributed by atoms with Gasteiger partial charge in [-0.25, -0.2) is 4.52 Å². The van der Waals surface area contributed by atoms with E-state index in [1.165, 1.54) is 5.56 Å². The summed E-state index contributed by atoms with van der Waals surface area (Å²) >= 11 is 0. The highest BCUT2D eigenvalue weighted by Crippen LogP contribution is 2.14. The number of carbonyl (C=O) groups is 1. The van der Waals surface area contributed by atoms with Crippen molar-refractivity contribution in [3.05, 3.63) is 71.5 Å². The molecule has 3 rings (SSSR count). The summed E-state index contributed by atoms with van der Waals surface area (Å²) in [6.45, 7) is 2.04. The van der Waals surface area contributed by atoms with Crippen molar-refractivity contribution in [2.45, 2.75) is 13.3 Å². The van der Waals surface area contributed by atoms with Crippen LogP contribution in [0.4, 0.5) is 0 Å². The molecule has 0 spiro atoms. The van der Waals surface area contributed by atoms with Crippen molar-refractivity contribution in [3.8, 4) is 0 Å². The fourth-order valence-electron chi connectivity index (χ4n) is 2.14. The highest BCUT2D eigenvalue weighted by atomic mass is 16.1. The molecule has 0 atom stereocenters. The zero-order valence-corrected chi connectivity index (χ0v) is 10.7. The van der Waals surface area contributed by atoms with Crippen LogP contribution in [0.3, 0.4) is 0 Å². The smallest absolute Gasteiger partial charge is 0.171 e. The highest BCUT2D eigenvalue weighted by Gasteiger charge is 2.12. The monoisotopic (exact) mass is 250 g/mol. The Morgan fingerprint density at radius 1 is 1.16 bits per heavy atom. The summed E-state index contributed by atoms with van der Waals surface area (Å²) in [5, 5.41) is 4.19. The molecule has 0 aliphatic heterocycles. The van der Waals surface area contributed by atoms with E-state index in [0.717, 1.165) is 11.1 Å². The van der Waals surface area contributed by atoms with Gasteiger partial charge in [0.2, 0.25) is 0 Å². The Hall–Kier alpha value is -2.42. The number of carbonyl (C=O) groups excluding carboxylic acids is 1. The third-order valence-electron chi connectivity index (χ3n) is 3.21. The number of pyridine rings is 1. The minimum Gasteiger partial charge on any atom is -0.294 e. The molecule has 3 heteroatoms. The molecule has 0 aliphatic carbocycles. The SMILES string of the molecule is Cc1ccc(CC(=O)c2cnn3ccccc23)cc1. The maximum Gasteiger partial charge on any atom is 0.171 e. The molecule has 0 amide bonds. The van der Waals surface area contributed by atoms with Gasteiger partial charge in [-0.15, -0.1) is 0 Å². The summed E-state index contributed by atoms with van der Waals surface area (Å²) in [5.74, 6) is 0.102. The van der Waals surface area contributed by atoms with E-state index in [1.54, 1.807) is 10.7 Å². The van der Waals surface area contributed by atoms with E-state index in [0.29, 0.717) is 12.0 Å². The van der Waals surface area contributed by atoms with Crippen LogP contribution < -0.4 is 0 Å². The first-order chi connectivity index (χ1) is 9.24. The Kier molecular flexibility index (Phi) is 2.88. The normalized spacial score (nSPS) is 10.8. The second kappa shape index (κ2) is 4.69. The lowest BCUT2D eigenvalue weighted by Gasteiger charge is -2.01. The van der Waals surface area contributed by atoms with Gasteiger partial charge in [-0.05, 0) is 24.6 Å². The molecule has 1 aromatic carbocycles. The van der Waals surface area contributed by atoms with Crippen molar-refractivity contribution in [3.63, 3.8) is 0 Å². The fourth-order valence-corrected chi connectivity index (χ4v) is 2.14. The van der Waals surface area contributed by atoms with Gasteiger partial charge in [-0.2, -0.15) is 5.10 Å². The van der Waals surface area contributed by atoms with Crippen LogP contribution in [-0.4, -0.2) is 15.4 Å². The number of Topliss-reactive ketones (excluding diaryl/α,β-unsaturated/α-hetero) is 1. The summed E-state index contributed by atoms with van der Waals surface area (Å²) in [6.07, 6.45) is 3.90. The van der Waals surface area contributed by atoms with Gasteiger partial charge in [0.05, 0.1) is 17.3 Å². The Labute approximate surface area is 111 Å². The van der Waals surface area contributed by atoms with Crippen LogP contribution in [0.15, 0.2) is 54.9 Å². The number of aryl methyl sites for hydroxylation is 1. The van der Waals surface area contributed by atoms with E-state index in [2.05, 4.69) is 5.10 Å². The number of aromatic nitrogens is 2. The van der Waals surface area contributed by atoms with E-state index >= 15 is 0 Å². The lowest BCUT2D eigenvalue weighted by atomic mass is 10.0. The summed E-state index contributed by atoms with van der Waals surface area (Å²) < 4.78 is 1.72. The summed E-state index contributed by atoms with van der Waals surface area (Å²) in [5.41, 5.74) is 3.78. The van der Waals surface area contributed by atoms with Crippen LogP contribution in [0, 0.1) is 6.92 Å². The maximum absolute atomic E-state index is 12.3. The minimum atomic E-state index is 0.102. The van der Waals surface area contributed by atoms with E-state index in [-0.39, 0.29) is 5.78 Å². The van der Waals surface area contributed by atoms with Gasteiger partial charge in [0, 0.05) is 12.6 Å². The van der Waals surface area contributed by atoms with Crippen LogP contribution in [0.25, 0.3) is 5.52 Å². The van der Waals surface area contributed by atoms with E-state index in [1.807, 2.05) is 55.6 Å². The van der Waals surface area contributed by atoms with Crippen molar-refractivity contribution < 1.29 is 4.79 Å². The predicted molar refractivity (Wildman–Crippen MR) is 74.4 cm³/mol. The van der Waals surface area contributed by atoms with Crippen LogP contribution >= 0.6 is 0 Å². The third-order valence-corrected chi connectivity index (χ3v) is 3.21. The van der Waals surface area contributed by atoms with Crippen molar-refractivity contribution >= 4 is 11.3 Å². The number of rotatable bonds is 3. The van der Waals surface area contributed by atoms with Gasteiger partial charge >= 0.3 is 0 Å². The van der Waals surface area contributed by atoms with Gasteiger partial charge < -0.3 is 0 Å². The van der Waals surface area contributed by atoms with Crippen LogP contribution in [-0.2, 0) is 6.42 Å². The second-order valence-electron chi connectivity index (χ2n) is 4.67. The molecule has 94 valence electrons. The Balaban J connectivity index is 1.90. The number of hydrogen-bond acceptors (Lipinski definition) is 2. The third kappa shape index (κ3) is 2.27. The molecule has 2 heterocycles. The highest BCUT2D eigenvalue weighted by molar-refractivity contribution is 6.03. The molecule has 3 aromatic rings. The molecule has 0 saturated heterocycles. The summed E-state index contributed by atoms with van der Waals surface area (Å²) in [4.78, 5) is 12.3. The van der Waals surface area contributed by atoms with Crippen molar-refractivity contribution in [1.29, 1.82) is 0 Å². The summed E-state index contributed by atoms with van der Waals surface area (Å²) in [7, 11) is 0. The molecule has 0 bridgehead atoms. The van der Waals surface area contributed by atoms with E-state index in [4.69, 9.17) is 0 Å². The number of hydrogen-bond donors (Lipinski definition) is 0. The summed E-state index contributed by atoms with van der Waals surface area (Å²) in [6, 6.07) is 13.8. The van der Waals surface area contributed by atoms with Gasteiger partial charge in [0.15, 0.2) is 5.78 Å². The lowest BCUT2D eigenvalue weighted by molar-refractivity contribution is 0.0994. The van der Waals surface area contributed by atoms with Crippen molar-refractivity contribution in [1.82, 2.24) is 9.61 Å². The molecule has 3 nitrogen and oxygen atoms in total. The van der Waals surface area contributed by atoms with Gasteiger partial charge in [0.25, 0.3) is 0 Å². The molecule has 0 aliphatic rings. The average Bonchev–Trinajstić information content (AvgIpc) is 2.85. The quantitative estimate of drug-likeness (QED) is 0.669. The zero-order valence-electron chi connectivity index (χ0n) is 10.7. The molecular formula is C16H14N2O. The molecule has 0 N–H and O–H groups in total. The molecule has 2 aromatic heterocycles. The zero-order chi connectivity index (χ0) is 13.2. The first-order valence-electron chi connectivity index (χ1n) is 6.25. The van der Waals surface area contributed by atoms with Crippen LogP contribution in [0.5, 0.6) is 0 Å². The van der Waals surface area contributed by atoms with Gasteiger partial charge in [-0.3, -0.25) is 4.79 Å². The van der Waals surface area contributed by atoms with E-state index < -0.39 is 0 Å². The average molecular weight is 250 g/mol. The number of ketones is 1. The Morgan fingerprint density at radius 3 is 2.74 bits per heavy atom. The van der Waals surface area contributed by atoms with Gasteiger partial charge in [0.1, 0.15) is 0 Å². The largest absolute Gasteiger partial charge is 0.294 e. The van der Waals surface area contributed by atoms with Crippen LogP contribution in [0.2, 0.25) is 0 Å². The molecule has 0 saturated carbocycles. The van der Waals surface area contributed by atoms with E-state index in [9.17, 15) is 4.79 Å². The molecule has 0 fully saturated rings. The van der Waals surface area contributed by atoms with Gasteiger partial charge in [-0.1, -0.05) is 35.9 Å². The Bertz CT molecular complexity index is 726. The predicted octanol–water partition coefficient (Wildman–Crippen LogP) is 3.07. The standard InChI is InChI=1S/C16H14N2O/c1-12-5-7-13(8-6-12)10-16(19)14-11-17-18-9-3-2-4-15(14)18/h2-9,11H,10H2,1H3. The molecule has 0 radical (unpaired) electrons. The van der Waals surface area contributed by atoms with Crippen molar-refractivity contribution in [2.75, 3.05) is 0 Å². The topological polar surface area (TPSA) is 34.4 Å². The molecule has 0 unspecified atom stereocenters. The second-order valence-corrected chi connectivity index (χ2v) is 4.67. The molecule has 19 heavy (non-hydrogen) atoms. The van der Waals surface area contributed by atoms with Crippen molar-refractivity contribution in [2.24, 2.45) is 0 Å². The Morgan fingerprint density at radius 2 is 1.95 bits per heavy atom. The number of nitrogens with zero attached hydrogens (tertiary/aromatic N) is 2. The minimum absolute atomic E-state index is 0.102. The maximum atomic E-state index is 12.3. The number of benzene rings is 1. The van der Waals surface area contributed by atoms with Crippen LogP contribution in [0.1, 0.15) is 21.5 Å². The first kappa shape index (κ1) is 11.7. The first-order valence-corrected chi connectivity index (χ1v) is 6.25. The fraction of sp³-hybridized carbons (Fsp3) is 0.125.